The van der Waals surface area contributed by atoms with Crippen molar-refractivity contribution in [3.63, 3.8) is 0 Å². The number of ether oxygens (including phenoxy) is 4. The highest BCUT2D eigenvalue weighted by molar-refractivity contribution is 5.97. The van der Waals surface area contributed by atoms with Gasteiger partial charge in [0.1, 0.15) is 23.0 Å². The average molecular weight is 625 g/mol. The fraction of sp³-hybridized carbons (Fsp3) is 0.182. The van der Waals surface area contributed by atoms with Gasteiger partial charge in [0.15, 0.2) is 0 Å². The van der Waals surface area contributed by atoms with Gasteiger partial charge in [0.2, 0.25) is 0 Å². The highest BCUT2D eigenvalue weighted by Gasteiger charge is 2.83. The fourth-order valence-electron chi connectivity index (χ4n) is 11.7. The van der Waals surface area contributed by atoms with Crippen LogP contribution in [0.4, 0.5) is 0 Å². The van der Waals surface area contributed by atoms with Gasteiger partial charge in [-0.15, -0.1) is 0 Å². The summed E-state index contributed by atoms with van der Waals surface area (Å²) in [4.78, 5) is 0. The summed E-state index contributed by atoms with van der Waals surface area (Å²) in [6, 6.07) is 44.9. The minimum absolute atomic E-state index is 0.706. The first-order valence-electron chi connectivity index (χ1n) is 16.6. The zero-order valence-corrected chi connectivity index (χ0v) is 27.2. The average Bonchev–Trinajstić information content (AvgIpc) is 3.36. The van der Waals surface area contributed by atoms with Crippen LogP contribution in [0.5, 0.6) is 23.0 Å². The third-order valence-corrected chi connectivity index (χ3v) is 12.7. The Morgan fingerprint density at radius 1 is 0.271 bits per heavy atom. The van der Waals surface area contributed by atoms with Gasteiger partial charge in [0, 0.05) is 22.3 Å². The Balaban J connectivity index is 1.61. The molecule has 0 N–H and O–H groups in total. The van der Waals surface area contributed by atoms with Gasteiger partial charge in [-0.05, 0) is 68.8 Å². The van der Waals surface area contributed by atoms with Gasteiger partial charge in [-0.25, -0.2) is 0 Å². The van der Waals surface area contributed by atoms with Crippen LogP contribution in [0.1, 0.15) is 66.8 Å². The Labute approximate surface area is 279 Å². The van der Waals surface area contributed by atoms with Crippen molar-refractivity contribution < 1.29 is 18.9 Å². The van der Waals surface area contributed by atoms with Crippen molar-refractivity contribution in [3.05, 3.63) is 188 Å². The van der Waals surface area contributed by atoms with E-state index in [1.807, 2.05) is 28.4 Å². The van der Waals surface area contributed by atoms with E-state index in [1.54, 1.807) is 0 Å². The van der Waals surface area contributed by atoms with Crippen molar-refractivity contribution in [2.75, 3.05) is 28.4 Å². The van der Waals surface area contributed by atoms with Gasteiger partial charge in [-0.1, -0.05) is 97.1 Å². The Kier molecular flexibility index (Phi) is 4.61. The number of benzene rings is 6. The second-order valence-corrected chi connectivity index (χ2v) is 13.6. The van der Waals surface area contributed by atoms with Crippen molar-refractivity contribution in [3.8, 4) is 23.0 Å². The van der Waals surface area contributed by atoms with Gasteiger partial charge >= 0.3 is 0 Å². The van der Waals surface area contributed by atoms with E-state index in [4.69, 9.17) is 18.9 Å². The third-order valence-electron chi connectivity index (χ3n) is 12.7. The van der Waals surface area contributed by atoms with Crippen molar-refractivity contribution in [2.45, 2.75) is 21.7 Å². The standard InChI is InChI=1S/C44H32O4/c1-45-33-21-22-34(46-2)38-37(33)41-25-13-5-6-14-26(25)43(41)32-20-12-11-19-31(32)42(38)27-15-7-8-16-28(27)44(42,30-18-10-9-17-29(30)41)40-36(48-4)24-23-35(47-3)39(40)43/h5-24H,1-4H3/t41-,42-,43-,44-/m1/s1. The summed E-state index contributed by atoms with van der Waals surface area (Å²) >= 11 is 0. The van der Waals surface area contributed by atoms with Crippen LogP contribution in [0.25, 0.3) is 0 Å². The molecule has 0 amide bonds. The molecule has 232 valence electrons. The predicted molar refractivity (Wildman–Crippen MR) is 184 cm³/mol. The quantitative estimate of drug-likeness (QED) is 0.199. The molecule has 4 heteroatoms. The Morgan fingerprint density at radius 2 is 0.438 bits per heavy atom. The van der Waals surface area contributed by atoms with Crippen LogP contribution in [-0.2, 0) is 21.7 Å². The molecule has 0 unspecified atom stereocenters. The van der Waals surface area contributed by atoms with Gasteiger partial charge in [0.25, 0.3) is 0 Å². The van der Waals surface area contributed by atoms with Crippen LogP contribution in [0.15, 0.2) is 121 Å². The first-order valence-corrected chi connectivity index (χ1v) is 16.6. The molecule has 12 rings (SSSR count). The van der Waals surface area contributed by atoms with E-state index in [0.717, 1.165) is 23.0 Å². The molecular weight excluding hydrogens is 592 g/mol. The molecule has 0 aliphatic heterocycles. The van der Waals surface area contributed by atoms with Crippen molar-refractivity contribution >= 4 is 0 Å². The van der Waals surface area contributed by atoms with E-state index in [1.165, 1.54) is 66.8 Å². The molecule has 0 radical (unpaired) electrons. The lowest BCUT2D eigenvalue weighted by Crippen LogP contribution is -2.61. The fourth-order valence-corrected chi connectivity index (χ4v) is 11.7. The highest BCUT2D eigenvalue weighted by atomic mass is 16.5. The van der Waals surface area contributed by atoms with Crippen LogP contribution in [0.3, 0.4) is 0 Å². The van der Waals surface area contributed by atoms with E-state index in [9.17, 15) is 0 Å². The molecule has 6 aliphatic rings. The van der Waals surface area contributed by atoms with Crippen LogP contribution in [-0.4, -0.2) is 28.4 Å². The summed E-state index contributed by atoms with van der Waals surface area (Å²) in [6.07, 6.45) is 0. The molecule has 6 aliphatic carbocycles. The predicted octanol–water partition coefficient (Wildman–Crippen LogP) is 8.03. The molecule has 0 saturated carbocycles. The van der Waals surface area contributed by atoms with E-state index >= 15 is 0 Å². The molecule has 0 fully saturated rings. The Morgan fingerprint density at radius 3 is 0.583 bits per heavy atom. The van der Waals surface area contributed by atoms with E-state index in [2.05, 4.69) is 121 Å². The molecule has 4 spiro atoms. The maximum atomic E-state index is 6.52. The molecule has 6 aromatic carbocycles. The van der Waals surface area contributed by atoms with Gasteiger partial charge < -0.3 is 18.9 Å². The first kappa shape index (κ1) is 26.6. The molecule has 0 heterocycles. The summed E-state index contributed by atoms with van der Waals surface area (Å²) in [5.74, 6) is 3.43. The topological polar surface area (TPSA) is 36.9 Å². The van der Waals surface area contributed by atoms with E-state index in [0.29, 0.717) is 0 Å². The van der Waals surface area contributed by atoms with Crippen molar-refractivity contribution in [2.24, 2.45) is 0 Å². The highest BCUT2D eigenvalue weighted by Crippen LogP contribution is 2.86. The largest absolute Gasteiger partial charge is 0.496 e. The zero-order valence-electron chi connectivity index (χ0n) is 27.2. The number of rotatable bonds is 4. The minimum Gasteiger partial charge on any atom is -0.496 e. The second kappa shape index (κ2) is 8.32. The van der Waals surface area contributed by atoms with Gasteiger partial charge in [-0.3, -0.25) is 0 Å². The first-order chi connectivity index (χ1) is 23.7. The maximum absolute atomic E-state index is 6.52. The normalized spacial score (nSPS) is 26.2. The molecule has 0 aromatic heterocycles. The summed E-state index contributed by atoms with van der Waals surface area (Å²) in [7, 11) is 7.23. The maximum Gasteiger partial charge on any atom is 0.123 e. The molecule has 0 saturated heterocycles. The third kappa shape index (κ3) is 2.18. The van der Waals surface area contributed by atoms with Crippen LogP contribution in [0.2, 0.25) is 0 Å². The van der Waals surface area contributed by atoms with Gasteiger partial charge in [-0.2, -0.15) is 0 Å². The molecule has 4 bridgehead atoms. The van der Waals surface area contributed by atoms with Crippen molar-refractivity contribution in [1.29, 1.82) is 0 Å². The van der Waals surface area contributed by atoms with Gasteiger partial charge in [0.05, 0.1) is 50.1 Å². The second-order valence-electron chi connectivity index (χ2n) is 13.6. The zero-order chi connectivity index (χ0) is 32.2. The van der Waals surface area contributed by atoms with Crippen LogP contribution < -0.4 is 18.9 Å². The Bertz CT molecular complexity index is 2110. The molecule has 6 aromatic rings. The molecular formula is C44H32O4. The molecule has 4 nitrogen and oxygen atoms in total. The SMILES string of the molecule is COc1ccc(OC)c2c1[C@]13c4ccccc4[C@]14c1ccccc1[C@]21c2ccccc2[C@@]1(c1ccccc13)c1c(OC)ccc(OC)c14. The van der Waals surface area contributed by atoms with E-state index < -0.39 is 21.7 Å². The number of fused-ring (bicyclic) bond motifs is 2. The smallest absolute Gasteiger partial charge is 0.123 e. The summed E-state index contributed by atoms with van der Waals surface area (Å²) in [5, 5.41) is 0. The molecule has 0 atom stereocenters. The Hall–Kier alpha value is -5.48. The lowest BCUT2D eigenvalue weighted by atomic mass is 9.38. The number of hydrogen-bond donors (Lipinski definition) is 0. The number of hydrogen-bond acceptors (Lipinski definition) is 4. The lowest BCUT2D eigenvalue weighted by molar-refractivity contribution is 0.299. The van der Waals surface area contributed by atoms with Crippen LogP contribution >= 0.6 is 0 Å². The lowest BCUT2D eigenvalue weighted by Gasteiger charge is -2.62. The summed E-state index contributed by atoms with van der Waals surface area (Å²) in [5.41, 5.74) is 12.1. The van der Waals surface area contributed by atoms with E-state index in [-0.39, 0.29) is 0 Å². The van der Waals surface area contributed by atoms with Crippen molar-refractivity contribution in [1.82, 2.24) is 0 Å². The monoisotopic (exact) mass is 624 g/mol. The van der Waals surface area contributed by atoms with Crippen LogP contribution in [0, 0.1) is 0 Å². The summed E-state index contributed by atoms with van der Waals surface area (Å²) in [6.45, 7) is 0. The summed E-state index contributed by atoms with van der Waals surface area (Å²) < 4.78 is 26.1. The molecule has 48 heavy (non-hydrogen) atoms. The minimum atomic E-state index is -0.706. The number of methoxy groups -OCH3 is 4.